The molecule has 0 aromatic carbocycles. The highest BCUT2D eigenvalue weighted by molar-refractivity contribution is 7.86. The average molecular weight is 207 g/mol. The van der Waals surface area contributed by atoms with Gasteiger partial charge < -0.3 is 4.98 Å². The highest BCUT2D eigenvalue weighted by Gasteiger charge is 2.17. The van der Waals surface area contributed by atoms with Crippen molar-refractivity contribution in [2.75, 3.05) is 0 Å². The van der Waals surface area contributed by atoms with Crippen molar-refractivity contribution in [1.82, 2.24) is 15.2 Å². The maximum absolute atomic E-state index is 12.3. The van der Waals surface area contributed by atoms with Crippen molar-refractivity contribution in [3.8, 4) is 0 Å². The second-order valence-electron chi connectivity index (χ2n) is 3.11. The zero-order valence-corrected chi connectivity index (χ0v) is 8.10. The summed E-state index contributed by atoms with van der Waals surface area (Å²) in [6.07, 6.45) is 0.544. The van der Waals surface area contributed by atoms with Crippen molar-refractivity contribution in [3.05, 3.63) is 5.82 Å². The summed E-state index contributed by atoms with van der Waals surface area (Å²) in [7, 11) is -4.75. The Kier molecular flexibility index (Phi) is 2.65. The molecule has 0 atom stereocenters. The van der Waals surface area contributed by atoms with E-state index >= 15 is 0 Å². The smallest absolute Gasteiger partial charge is 0.314 e. The van der Waals surface area contributed by atoms with Crippen molar-refractivity contribution < 1.29 is 12.3 Å². The van der Waals surface area contributed by atoms with Gasteiger partial charge in [0.1, 0.15) is 5.82 Å². The molecule has 74 valence electrons. The number of aromatic nitrogens is 3. The molecule has 1 rings (SSSR count). The number of hydrogen-bond donors (Lipinski definition) is 1. The van der Waals surface area contributed by atoms with E-state index in [1.54, 1.807) is 0 Å². The minimum absolute atomic E-state index is 0.308. The summed E-state index contributed by atoms with van der Waals surface area (Å²) in [6, 6.07) is 0. The molecule has 0 fully saturated rings. The van der Waals surface area contributed by atoms with Gasteiger partial charge in [0.2, 0.25) is 0 Å². The molecule has 0 saturated heterocycles. The van der Waals surface area contributed by atoms with E-state index in [0.717, 1.165) is 0 Å². The van der Waals surface area contributed by atoms with Crippen LogP contribution in [-0.4, -0.2) is 23.6 Å². The Hall–Kier alpha value is -0.980. The minimum Gasteiger partial charge on any atom is -0.314 e. The first-order valence-electron chi connectivity index (χ1n) is 3.76. The lowest BCUT2D eigenvalue weighted by molar-refractivity contribution is 0.542. The molecule has 5 nitrogen and oxygen atoms in total. The molecule has 1 heterocycles. The minimum atomic E-state index is -4.75. The van der Waals surface area contributed by atoms with Gasteiger partial charge in [-0.25, -0.2) is 0 Å². The molecule has 13 heavy (non-hydrogen) atoms. The number of halogens is 1. The lowest BCUT2D eigenvalue weighted by Gasteiger charge is -1.97. The van der Waals surface area contributed by atoms with Crippen LogP contribution in [0, 0.1) is 5.92 Å². The van der Waals surface area contributed by atoms with E-state index in [1.807, 2.05) is 13.8 Å². The van der Waals surface area contributed by atoms with Crippen molar-refractivity contribution in [1.29, 1.82) is 0 Å². The van der Waals surface area contributed by atoms with Crippen LogP contribution in [0.5, 0.6) is 0 Å². The second kappa shape index (κ2) is 3.41. The van der Waals surface area contributed by atoms with Gasteiger partial charge in [-0.15, -0.1) is 10.2 Å². The standard InChI is InChI=1S/C6H10FN3O2S/c1-4(2)3-5-8-6(10-9-5)13(7,11)12/h4H,3H2,1-2H3,(H,8,9,10). The van der Waals surface area contributed by atoms with Crippen LogP contribution in [0.15, 0.2) is 5.16 Å². The second-order valence-corrected chi connectivity index (χ2v) is 4.38. The molecule has 1 aromatic heterocycles. The van der Waals surface area contributed by atoms with Gasteiger partial charge in [0.25, 0.3) is 5.16 Å². The van der Waals surface area contributed by atoms with Crippen LogP contribution >= 0.6 is 0 Å². The Morgan fingerprint density at radius 3 is 2.46 bits per heavy atom. The van der Waals surface area contributed by atoms with Crippen LogP contribution in [-0.2, 0) is 16.6 Å². The Bertz CT molecular complexity index is 384. The molecule has 0 aliphatic carbocycles. The van der Waals surface area contributed by atoms with E-state index < -0.39 is 15.4 Å². The molecule has 0 amide bonds. The van der Waals surface area contributed by atoms with Crippen molar-refractivity contribution >= 4 is 10.2 Å². The average Bonchev–Trinajstić information content (AvgIpc) is 2.32. The number of nitrogens with one attached hydrogen (secondary N) is 1. The maximum Gasteiger partial charge on any atom is 0.368 e. The molecule has 0 spiro atoms. The summed E-state index contributed by atoms with van der Waals surface area (Å²) in [5.74, 6) is 0.689. The fourth-order valence-electron chi connectivity index (χ4n) is 0.867. The molecule has 1 N–H and O–H groups in total. The molecule has 0 saturated carbocycles. The summed E-state index contributed by atoms with van der Waals surface area (Å²) in [5, 5.41) is 5.95. The summed E-state index contributed by atoms with van der Waals surface area (Å²) in [6.45, 7) is 3.87. The van der Waals surface area contributed by atoms with E-state index in [9.17, 15) is 12.3 Å². The van der Waals surface area contributed by atoms with Crippen molar-refractivity contribution in [2.45, 2.75) is 25.4 Å². The third-order valence-electron chi connectivity index (χ3n) is 1.35. The highest BCUT2D eigenvalue weighted by Crippen LogP contribution is 2.07. The number of hydrogen-bond acceptors (Lipinski definition) is 4. The van der Waals surface area contributed by atoms with Gasteiger partial charge in [0.15, 0.2) is 0 Å². The van der Waals surface area contributed by atoms with Gasteiger partial charge in [-0.1, -0.05) is 17.7 Å². The van der Waals surface area contributed by atoms with Crippen LogP contribution in [0.4, 0.5) is 3.89 Å². The topological polar surface area (TPSA) is 75.7 Å². The van der Waals surface area contributed by atoms with Crippen molar-refractivity contribution in [2.24, 2.45) is 5.92 Å². The lowest BCUT2D eigenvalue weighted by Crippen LogP contribution is -1.97. The first kappa shape index (κ1) is 10.1. The molecular weight excluding hydrogens is 197 g/mol. The number of aromatic amines is 1. The summed E-state index contributed by atoms with van der Waals surface area (Å²) in [5.41, 5.74) is 0. The van der Waals surface area contributed by atoms with Gasteiger partial charge in [-0.3, -0.25) is 0 Å². The molecule has 0 aliphatic rings. The zero-order valence-electron chi connectivity index (χ0n) is 7.28. The van der Waals surface area contributed by atoms with Crippen LogP contribution in [0.25, 0.3) is 0 Å². The van der Waals surface area contributed by atoms with Gasteiger partial charge in [0.05, 0.1) is 0 Å². The predicted molar refractivity (Wildman–Crippen MR) is 43.2 cm³/mol. The van der Waals surface area contributed by atoms with E-state index in [4.69, 9.17) is 0 Å². The van der Waals surface area contributed by atoms with Gasteiger partial charge >= 0.3 is 10.2 Å². The zero-order chi connectivity index (χ0) is 10.1. The molecule has 1 aromatic rings. The largest absolute Gasteiger partial charge is 0.368 e. The van der Waals surface area contributed by atoms with Gasteiger partial charge in [0, 0.05) is 6.42 Å². The molecular formula is C6H10FN3O2S. The Morgan fingerprint density at radius 1 is 1.46 bits per heavy atom. The maximum atomic E-state index is 12.3. The molecule has 0 bridgehead atoms. The Labute approximate surface area is 75.6 Å². The fourth-order valence-corrected chi connectivity index (χ4v) is 1.25. The van der Waals surface area contributed by atoms with E-state index in [2.05, 4.69) is 15.2 Å². The Balaban J connectivity index is 2.88. The Morgan fingerprint density at radius 2 is 2.08 bits per heavy atom. The van der Waals surface area contributed by atoms with Crippen LogP contribution in [0.1, 0.15) is 19.7 Å². The van der Waals surface area contributed by atoms with E-state index in [-0.39, 0.29) is 0 Å². The summed E-state index contributed by atoms with van der Waals surface area (Å²) in [4.78, 5) is 2.30. The van der Waals surface area contributed by atoms with Gasteiger partial charge in [-0.2, -0.15) is 8.42 Å². The number of nitrogens with zero attached hydrogens (tertiary/aromatic N) is 2. The lowest BCUT2D eigenvalue weighted by atomic mass is 10.1. The third kappa shape index (κ3) is 2.76. The third-order valence-corrected chi connectivity index (χ3v) is 1.99. The van der Waals surface area contributed by atoms with Crippen LogP contribution in [0.3, 0.4) is 0 Å². The predicted octanol–water partition coefficient (Wildman–Crippen LogP) is 0.661. The number of H-pyrrole nitrogens is 1. The SMILES string of the molecule is CC(C)Cc1nnc(S(=O)(=O)F)[nH]1. The fraction of sp³-hybridized carbons (Fsp3) is 0.667. The number of rotatable bonds is 3. The van der Waals surface area contributed by atoms with Gasteiger partial charge in [-0.05, 0) is 5.92 Å². The molecule has 7 heteroatoms. The van der Waals surface area contributed by atoms with Crippen molar-refractivity contribution in [3.63, 3.8) is 0 Å². The molecule has 0 unspecified atom stereocenters. The highest BCUT2D eigenvalue weighted by atomic mass is 32.3. The van der Waals surface area contributed by atoms with Crippen LogP contribution in [0.2, 0.25) is 0 Å². The first-order chi connectivity index (χ1) is 5.89. The van der Waals surface area contributed by atoms with Crippen LogP contribution < -0.4 is 0 Å². The summed E-state index contributed by atoms with van der Waals surface area (Å²) >= 11 is 0. The molecule has 0 radical (unpaired) electrons. The normalized spacial score (nSPS) is 12.3. The monoisotopic (exact) mass is 207 g/mol. The van der Waals surface area contributed by atoms with E-state index in [0.29, 0.717) is 18.2 Å². The summed E-state index contributed by atoms with van der Waals surface area (Å²) < 4.78 is 33.0. The first-order valence-corrected chi connectivity index (χ1v) is 5.14. The molecule has 0 aliphatic heterocycles. The quantitative estimate of drug-likeness (QED) is 0.739. The van der Waals surface area contributed by atoms with E-state index in [1.165, 1.54) is 0 Å².